The summed E-state index contributed by atoms with van der Waals surface area (Å²) < 4.78 is 0.626. The molecule has 2 rings (SSSR count). The fourth-order valence-corrected chi connectivity index (χ4v) is 4.02. The van der Waals surface area contributed by atoms with Crippen molar-refractivity contribution in [3.8, 4) is 0 Å². The molecule has 0 amide bonds. The molecular weight excluding hydrogens is 326 g/mol. The number of hydrogen-bond acceptors (Lipinski definition) is 3. The Labute approximate surface area is 126 Å². The third-order valence-corrected chi connectivity index (χ3v) is 5.38. The summed E-state index contributed by atoms with van der Waals surface area (Å²) in [6, 6.07) is 5.83. The van der Waals surface area contributed by atoms with Crippen molar-refractivity contribution < 1.29 is 9.90 Å². The summed E-state index contributed by atoms with van der Waals surface area (Å²) in [6.07, 6.45) is 7.18. The van der Waals surface area contributed by atoms with Crippen LogP contribution in [0.5, 0.6) is 0 Å². The molecule has 2 atom stereocenters. The molecule has 19 heavy (non-hydrogen) atoms. The molecule has 2 unspecified atom stereocenters. The second-order valence-corrected chi connectivity index (χ2v) is 6.74. The van der Waals surface area contributed by atoms with Gasteiger partial charge in [0.25, 0.3) is 0 Å². The van der Waals surface area contributed by atoms with Crippen molar-refractivity contribution in [3.05, 3.63) is 28.2 Å². The molecule has 5 heteroatoms. The van der Waals surface area contributed by atoms with E-state index in [2.05, 4.69) is 27.5 Å². The lowest BCUT2D eigenvalue weighted by molar-refractivity contribution is 0.0696. The molecule has 2 N–H and O–H groups in total. The molecule has 1 aliphatic carbocycles. The van der Waals surface area contributed by atoms with Crippen LogP contribution in [0.4, 0.5) is 5.69 Å². The predicted molar refractivity (Wildman–Crippen MR) is 84.3 cm³/mol. The van der Waals surface area contributed by atoms with Gasteiger partial charge in [0, 0.05) is 21.5 Å². The molecule has 1 aliphatic rings. The first-order chi connectivity index (χ1) is 9.11. The zero-order chi connectivity index (χ0) is 13.8. The van der Waals surface area contributed by atoms with Gasteiger partial charge in [0.2, 0.25) is 0 Å². The van der Waals surface area contributed by atoms with E-state index in [1.54, 1.807) is 6.07 Å². The number of rotatable bonds is 4. The molecule has 0 heterocycles. The molecule has 0 aromatic heterocycles. The summed E-state index contributed by atoms with van der Waals surface area (Å²) in [6.45, 7) is 0. The van der Waals surface area contributed by atoms with Gasteiger partial charge in [-0.2, -0.15) is 11.8 Å². The summed E-state index contributed by atoms with van der Waals surface area (Å²) in [5.41, 5.74) is 1.29. The molecule has 1 aromatic rings. The monoisotopic (exact) mass is 343 g/mol. The Morgan fingerprint density at radius 1 is 1.42 bits per heavy atom. The lowest BCUT2D eigenvalue weighted by Crippen LogP contribution is -2.34. The molecule has 0 radical (unpaired) electrons. The average Bonchev–Trinajstić information content (AvgIpc) is 2.39. The number of nitrogens with one attached hydrogen (secondary N) is 1. The number of hydrogen-bond donors (Lipinski definition) is 2. The van der Waals surface area contributed by atoms with E-state index in [-0.39, 0.29) is 0 Å². The maximum Gasteiger partial charge on any atom is 0.336 e. The van der Waals surface area contributed by atoms with Crippen LogP contribution in [0.15, 0.2) is 22.7 Å². The second-order valence-electron chi connectivity index (χ2n) is 4.81. The Hall–Kier alpha value is -0.680. The Bertz CT molecular complexity index is 467. The van der Waals surface area contributed by atoms with Crippen LogP contribution in [-0.2, 0) is 0 Å². The number of carboxylic acid groups (broad SMARTS) is 1. The lowest BCUT2D eigenvalue weighted by Gasteiger charge is -2.31. The van der Waals surface area contributed by atoms with E-state index in [0.717, 1.165) is 5.69 Å². The molecule has 1 aromatic carbocycles. The van der Waals surface area contributed by atoms with Crippen molar-refractivity contribution in [3.63, 3.8) is 0 Å². The third kappa shape index (κ3) is 3.66. The lowest BCUT2D eigenvalue weighted by atomic mass is 9.94. The van der Waals surface area contributed by atoms with Gasteiger partial charge >= 0.3 is 5.97 Å². The molecule has 1 saturated carbocycles. The molecule has 0 spiro atoms. The Morgan fingerprint density at radius 2 is 2.16 bits per heavy atom. The van der Waals surface area contributed by atoms with Crippen LogP contribution < -0.4 is 5.32 Å². The highest BCUT2D eigenvalue weighted by atomic mass is 79.9. The van der Waals surface area contributed by atoms with E-state index in [1.807, 2.05) is 23.9 Å². The van der Waals surface area contributed by atoms with E-state index in [0.29, 0.717) is 21.3 Å². The smallest absolute Gasteiger partial charge is 0.336 e. The Balaban J connectivity index is 2.10. The molecule has 3 nitrogen and oxygen atoms in total. The maximum atomic E-state index is 11.0. The molecule has 1 fully saturated rings. The van der Waals surface area contributed by atoms with Crippen molar-refractivity contribution in [2.24, 2.45) is 0 Å². The first-order valence-electron chi connectivity index (χ1n) is 6.44. The maximum absolute atomic E-state index is 11.0. The number of anilines is 1. The van der Waals surface area contributed by atoms with Crippen molar-refractivity contribution in [1.82, 2.24) is 0 Å². The van der Waals surface area contributed by atoms with Crippen LogP contribution >= 0.6 is 27.7 Å². The van der Waals surface area contributed by atoms with Gasteiger partial charge in [0.15, 0.2) is 0 Å². The Kier molecular flexibility index (Phi) is 5.16. The zero-order valence-electron chi connectivity index (χ0n) is 10.9. The summed E-state index contributed by atoms with van der Waals surface area (Å²) >= 11 is 5.24. The fraction of sp³-hybridized carbons (Fsp3) is 0.500. The van der Waals surface area contributed by atoms with Gasteiger partial charge < -0.3 is 10.4 Å². The standard InChI is InChI=1S/C14H18BrNO2S/c1-19-13-5-3-2-4-12(13)16-9-6-7-10(14(17)18)11(15)8-9/h6-8,12-13,16H,2-5H2,1H3,(H,17,18). The quantitative estimate of drug-likeness (QED) is 0.858. The van der Waals surface area contributed by atoms with Gasteiger partial charge in [-0.15, -0.1) is 0 Å². The van der Waals surface area contributed by atoms with Crippen LogP contribution in [0.2, 0.25) is 0 Å². The fourth-order valence-electron chi connectivity index (χ4n) is 2.54. The number of aromatic carboxylic acids is 1. The minimum absolute atomic E-state index is 0.301. The zero-order valence-corrected chi connectivity index (χ0v) is 13.3. The predicted octanol–water partition coefficient (Wildman–Crippen LogP) is 4.23. The van der Waals surface area contributed by atoms with E-state index in [1.165, 1.54) is 25.7 Å². The molecule has 0 bridgehead atoms. The normalized spacial score (nSPS) is 23.1. The first-order valence-corrected chi connectivity index (χ1v) is 8.52. The van der Waals surface area contributed by atoms with Crippen molar-refractivity contribution >= 4 is 39.3 Å². The molecule has 0 saturated heterocycles. The van der Waals surface area contributed by atoms with Crippen molar-refractivity contribution in [2.45, 2.75) is 37.0 Å². The third-order valence-electron chi connectivity index (χ3n) is 3.56. The van der Waals surface area contributed by atoms with Crippen LogP contribution in [0.3, 0.4) is 0 Å². The van der Waals surface area contributed by atoms with Gasteiger partial charge in [-0.3, -0.25) is 0 Å². The summed E-state index contributed by atoms with van der Waals surface area (Å²) in [7, 11) is 0. The average molecular weight is 344 g/mol. The van der Waals surface area contributed by atoms with E-state index >= 15 is 0 Å². The minimum atomic E-state index is -0.905. The SMILES string of the molecule is CSC1CCCCC1Nc1ccc(C(=O)O)c(Br)c1. The van der Waals surface area contributed by atoms with Crippen LogP contribution in [0.1, 0.15) is 36.0 Å². The van der Waals surface area contributed by atoms with Crippen molar-refractivity contribution in [2.75, 3.05) is 11.6 Å². The first kappa shape index (κ1) is 14.7. The Morgan fingerprint density at radius 3 is 2.79 bits per heavy atom. The van der Waals surface area contributed by atoms with Crippen molar-refractivity contribution in [1.29, 1.82) is 0 Å². The van der Waals surface area contributed by atoms with E-state index in [4.69, 9.17) is 5.11 Å². The van der Waals surface area contributed by atoms with Crippen LogP contribution in [0.25, 0.3) is 0 Å². The van der Waals surface area contributed by atoms with E-state index < -0.39 is 5.97 Å². The highest BCUT2D eigenvalue weighted by Gasteiger charge is 2.24. The molecule has 0 aliphatic heterocycles. The number of benzene rings is 1. The molecular formula is C14H18BrNO2S. The topological polar surface area (TPSA) is 49.3 Å². The minimum Gasteiger partial charge on any atom is -0.478 e. The summed E-state index contributed by atoms with van der Waals surface area (Å²) in [5, 5.41) is 13.2. The van der Waals surface area contributed by atoms with Gasteiger partial charge in [-0.25, -0.2) is 4.79 Å². The number of carbonyl (C=O) groups is 1. The van der Waals surface area contributed by atoms with E-state index in [9.17, 15) is 4.79 Å². The number of thioether (sulfide) groups is 1. The highest BCUT2D eigenvalue weighted by Crippen LogP contribution is 2.30. The van der Waals surface area contributed by atoms with Crippen LogP contribution in [0, 0.1) is 0 Å². The summed E-state index contributed by atoms with van der Waals surface area (Å²) in [4.78, 5) is 11.0. The van der Waals surface area contributed by atoms with Crippen LogP contribution in [-0.4, -0.2) is 28.6 Å². The summed E-state index contributed by atoms with van der Waals surface area (Å²) in [5.74, 6) is -0.905. The van der Waals surface area contributed by atoms with Gasteiger partial charge in [-0.1, -0.05) is 12.8 Å². The largest absolute Gasteiger partial charge is 0.478 e. The number of carboxylic acids is 1. The highest BCUT2D eigenvalue weighted by molar-refractivity contribution is 9.10. The van der Waals surface area contributed by atoms with Gasteiger partial charge in [0.1, 0.15) is 0 Å². The molecule has 104 valence electrons. The van der Waals surface area contributed by atoms with Gasteiger partial charge in [0.05, 0.1) is 5.56 Å². The second kappa shape index (κ2) is 6.66. The number of halogens is 1. The van der Waals surface area contributed by atoms with Gasteiger partial charge in [-0.05, 0) is 53.2 Å².